The Kier molecular flexibility index (Phi) is 7.05. The Morgan fingerprint density at radius 2 is 1.92 bits per heavy atom. The maximum absolute atomic E-state index is 11.7. The minimum absolute atomic E-state index is 0.0505. The summed E-state index contributed by atoms with van der Waals surface area (Å²) in [6.07, 6.45) is 1.78. The van der Waals surface area contributed by atoms with Crippen molar-refractivity contribution in [1.82, 2.24) is 0 Å². The van der Waals surface area contributed by atoms with Gasteiger partial charge in [-0.15, -0.1) is 0 Å². The summed E-state index contributed by atoms with van der Waals surface area (Å²) in [5, 5.41) is -0.0505. The van der Waals surface area contributed by atoms with Crippen LogP contribution in [0.1, 0.15) is 62.4 Å². The molecule has 1 N–H and O–H groups in total. The molecule has 0 aliphatic heterocycles. The van der Waals surface area contributed by atoms with E-state index < -0.39 is 8.32 Å². The Bertz CT molecular complexity index is 559. The highest BCUT2D eigenvalue weighted by molar-refractivity contribution is 6.72. The van der Waals surface area contributed by atoms with E-state index in [1.165, 1.54) is 7.11 Å². The van der Waals surface area contributed by atoms with Crippen molar-refractivity contribution in [3.63, 3.8) is 0 Å². The predicted molar refractivity (Wildman–Crippen MR) is 100 cm³/mol. The van der Waals surface area contributed by atoms with Crippen LogP contribution in [0.5, 0.6) is 5.75 Å². The molecule has 0 radical (unpaired) electrons. The zero-order chi connectivity index (χ0) is 18.5. The molecular weight excluding hydrogens is 320 g/mol. The number of esters is 1. The molecule has 0 aliphatic carbocycles. The molecule has 0 atom stereocenters. The first-order valence-electron chi connectivity index (χ1n) is 8.57. The van der Waals surface area contributed by atoms with Crippen LogP contribution < -0.4 is 4.74 Å². The predicted octanol–water partition coefficient (Wildman–Crippen LogP) is 4.73. The largest absolute Gasteiger partial charge is 0.493 e. The second-order valence-electron chi connectivity index (χ2n) is 7.79. The second kappa shape index (κ2) is 8.16. The summed E-state index contributed by atoms with van der Waals surface area (Å²) in [7, 11) is -0.812. The Hall–Kier alpha value is -1.33. The highest BCUT2D eigenvalue weighted by Crippen LogP contribution is 2.39. The molecule has 136 valence electrons. The lowest BCUT2D eigenvalue weighted by Crippen LogP contribution is -2.39. The lowest BCUT2D eigenvalue weighted by Gasteiger charge is -2.35. The minimum atomic E-state index is -2.19. The summed E-state index contributed by atoms with van der Waals surface area (Å²) in [5.41, 5.74) is 1.58. The molecule has 0 spiro atoms. The highest BCUT2D eigenvalue weighted by Gasteiger charge is 2.37. The molecule has 0 aromatic heterocycles. The van der Waals surface area contributed by atoms with Gasteiger partial charge >= 0.3 is 5.97 Å². The van der Waals surface area contributed by atoms with Gasteiger partial charge in [-0.1, -0.05) is 33.8 Å². The van der Waals surface area contributed by atoms with Crippen molar-refractivity contribution >= 4 is 14.3 Å². The Morgan fingerprint density at radius 1 is 1.29 bits per heavy atom. The van der Waals surface area contributed by atoms with Crippen molar-refractivity contribution in [3.05, 3.63) is 29.3 Å². The van der Waals surface area contributed by atoms with Crippen LogP contribution in [0.2, 0.25) is 18.1 Å². The fourth-order valence-corrected chi connectivity index (χ4v) is 3.17. The van der Waals surface area contributed by atoms with E-state index in [0.717, 1.165) is 24.2 Å². The van der Waals surface area contributed by atoms with E-state index >= 15 is 0 Å². The Balaban J connectivity index is 2.77. The van der Waals surface area contributed by atoms with Gasteiger partial charge in [-0.05, 0) is 54.6 Å². The maximum Gasteiger partial charge on any atom is 0.337 e. The van der Waals surface area contributed by atoms with Crippen molar-refractivity contribution in [3.8, 4) is 5.75 Å². The fourth-order valence-electron chi connectivity index (χ4n) is 2.38. The molecule has 24 heavy (non-hydrogen) atoms. The third-order valence-electron chi connectivity index (χ3n) is 4.92. The van der Waals surface area contributed by atoms with Crippen molar-refractivity contribution in [1.29, 1.82) is 0 Å². The molecular formula is C19H32O4Si. The SMILES string of the molecule is COC(=O)c1ccc(C(C)C)c(OCCCC(C)(C)[Si](C)(C)O)c1. The molecule has 1 aromatic carbocycles. The summed E-state index contributed by atoms with van der Waals surface area (Å²) < 4.78 is 10.7. The van der Waals surface area contributed by atoms with Crippen LogP contribution >= 0.6 is 0 Å². The molecule has 5 heteroatoms. The number of carbonyl (C=O) groups is 1. The summed E-state index contributed by atoms with van der Waals surface area (Å²) in [6, 6.07) is 5.47. The summed E-state index contributed by atoms with van der Waals surface area (Å²) in [4.78, 5) is 22.1. The van der Waals surface area contributed by atoms with Gasteiger partial charge in [0.05, 0.1) is 19.3 Å². The summed E-state index contributed by atoms with van der Waals surface area (Å²) in [6.45, 7) is 13.0. The molecule has 0 bridgehead atoms. The highest BCUT2D eigenvalue weighted by atomic mass is 28.4. The average Bonchev–Trinajstić information content (AvgIpc) is 2.49. The number of methoxy groups -OCH3 is 1. The summed E-state index contributed by atoms with van der Waals surface area (Å²) in [5.74, 6) is 0.697. The quantitative estimate of drug-likeness (QED) is 0.417. The van der Waals surface area contributed by atoms with E-state index in [9.17, 15) is 9.59 Å². The third kappa shape index (κ3) is 5.35. The van der Waals surface area contributed by atoms with E-state index in [2.05, 4.69) is 27.7 Å². The van der Waals surface area contributed by atoms with Gasteiger partial charge in [0.2, 0.25) is 0 Å². The number of ether oxygens (including phenoxy) is 2. The topological polar surface area (TPSA) is 55.8 Å². The van der Waals surface area contributed by atoms with Crippen LogP contribution in [-0.4, -0.2) is 32.8 Å². The lowest BCUT2D eigenvalue weighted by molar-refractivity contribution is 0.0600. The van der Waals surface area contributed by atoms with Crippen molar-refractivity contribution in [2.24, 2.45) is 0 Å². The minimum Gasteiger partial charge on any atom is -0.493 e. The first kappa shape index (κ1) is 20.7. The molecule has 0 heterocycles. The molecule has 4 nitrogen and oxygen atoms in total. The van der Waals surface area contributed by atoms with E-state index in [0.29, 0.717) is 18.1 Å². The summed E-state index contributed by atoms with van der Waals surface area (Å²) >= 11 is 0. The van der Waals surface area contributed by atoms with Crippen molar-refractivity contribution < 1.29 is 19.1 Å². The molecule has 0 fully saturated rings. The van der Waals surface area contributed by atoms with Crippen LogP contribution in [-0.2, 0) is 4.74 Å². The molecule has 1 rings (SSSR count). The molecule has 0 unspecified atom stereocenters. The smallest absolute Gasteiger partial charge is 0.337 e. The molecule has 1 aromatic rings. The molecule has 0 saturated carbocycles. The average molecular weight is 353 g/mol. The van der Waals surface area contributed by atoms with Crippen LogP contribution in [0.3, 0.4) is 0 Å². The van der Waals surface area contributed by atoms with Gasteiger partial charge in [0.25, 0.3) is 0 Å². The normalized spacial score (nSPS) is 12.4. The van der Waals surface area contributed by atoms with E-state index in [1.54, 1.807) is 12.1 Å². The third-order valence-corrected chi connectivity index (χ3v) is 8.48. The van der Waals surface area contributed by atoms with Crippen LogP contribution in [0.4, 0.5) is 0 Å². The first-order chi connectivity index (χ1) is 11.0. The number of hydrogen-bond donors (Lipinski definition) is 1. The van der Waals surface area contributed by atoms with Gasteiger partial charge < -0.3 is 14.3 Å². The number of benzene rings is 1. The van der Waals surface area contributed by atoms with Gasteiger partial charge in [0, 0.05) is 0 Å². The van der Waals surface area contributed by atoms with Crippen LogP contribution in [0.25, 0.3) is 0 Å². The van der Waals surface area contributed by atoms with E-state index in [-0.39, 0.29) is 11.0 Å². The molecule has 0 aliphatic rings. The first-order valence-corrected chi connectivity index (χ1v) is 11.5. The van der Waals surface area contributed by atoms with E-state index in [1.807, 2.05) is 19.2 Å². The van der Waals surface area contributed by atoms with Gasteiger partial charge in [-0.3, -0.25) is 0 Å². The van der Waals surface area contributed by atoms with Crippen LogP contribution in [0.15, 0.2) is 18.2 Å². The monoisotopic (exact) mass is 352 g/mol. The van der Waals surface area contributed by atoms with Gasteiger partial charge in [-0.2, -0.15) is 0 Å². The standard InChI is InChI=1S/C19H32O4Si/c1-14(2)16-10-9-15(18(20)22-5)13-17(16)23-12-8-11-19(3,4)24(6,7)21/h9-10,13-14,21H,8,11-12H2,1-7H3. The van der Waals surface area contributed by atoms with Crippen molar-refractivity contribution in [2.45, 2.75) is 64.6 Å². The zero-order valence-corrected chi connectivity index (χ0v) is 17.1. The molecule has 0 saturated heterocycles. The zero-order valence-electron chi connectivity index (χ0n) is 16.1. The number of hydrogen-bond acceptors (Lipinski definition) is 4. The lowest BCUT2D eigenvalue weighted by atomic mass is 10.00. The number of carbonyl (C=O) groups excluding carboxylic acids is 1. The van der Waals surface area contributed by atoms with Crippen molar-refractivity contribution in [2.75, 3.05) is 13.7 Å². The van der Waals surface area contributed by atoms with Gasteiger partial charge in [-0.25, -0.2) is 4.79 Å². The number of rotatable bonds is 8. The second-order valence-corrected chi connectivity index (χ2v) is 12.3. The fraction of sp³-hybridized carbons (Fsp3) is 0.632. The maximum atomic E-state index is 11.7. The van der Waals surface area contributed by atoms with Gasteiger partial charge in [0.1, 0.15) is 5.75 Å². The Labute approximate surface area is 147 Å². The van der Waals surface area contributed by atoms with E-state index in [4.69, 9.17) is 9.47 Å². The van der Waals surface area contributed by atoms with Crippen LogP contribution in [0, 0.1) is 0 Å². The molecule has 0 amide bonds. The van der Waals surface area contributed by atoms with Gasteiger partial charge in [0.15, 0.2) is 8.32 Å². The Morgan fingerprint density at radius 3 is 2.42 bits per heavy atom.